The smallest absolute Gasteiger partial charge is 0.161 e. The van der Waals surface area contributed by atoms with E-state index in [-0.39, 0.29) is 5.41 Å². The van der Waals surface area contributed by atoms with Crippen LogP contribution >= 0.6 is 0 Å². The second kappa shape index (κ2) is 6.00. The van der Waals surface area contributed by atoms with Crippen molar-refractivity contribution in [3.8, 4) is 11.5 Å². The third-order valence-electron chi connectivity index (χ3n) is 3.27. The average molecular weight is 270 g/mol. The minimum absolute atomic E-state index is 0.0944. The summed E-state index contributed by atoms with van der Waals surface area (Å²) in [4.78, 5) is 0. The summed E-state index contributed by atoms with van der Waals surface area (Å²) >= 11 is 0. The van der Waals surface area contributed by atoms with Gasteiger partial charge in [0.25, 0.3) is 0 Å². The highest BCUT2D eigenvalue weighted by molar-refractivity contribution is 5.44. The van der Waals surface area contributed by atoms with Gasteiger partial charge in [-0.05, 0) is 28.7 Å². The molecule has 0 aliphatic heterocycles. The maximum absolute atomic E-state index is 5.92. The summed E-state index contributed by atoms with van der Waals surface area (Å²) in [5.74, 6) is 1.57. The van der Waals surface area contributed by atoms with Crippen molar-refractivity contribution in [3.63, 3.8) is 0 Å². The van der Waals surface area contributed by atoms with Gasteiger partial charge in [0.1, 0.15) is 6.61 Å². The SMILES string of the molecule is COc1ccc(C(C)(C)C)cc1OCc1ccccc1. The molecule has 0 aliphatic carbocycles. The molecule has 0 amide bonds. The fraction of sp³-hybridized carbons (Fsp3) is 0.333. The first kappa shape index (κ1) is 14.4. The normalized spacial score (nSPS) is 11.2. The molecule has 0 heterocycles. The molecule has 2 heteroatoms. The Morgan fingerprint density at radius 2 is 1.60 bits per heavy atom. The Bertz CT molecular complexity index is 553. The average Bonchev–Trinajstić information content (AvgIpc) is 2.45. The van der Waals surface area contributed by atoms with Gasteiger partial charge in [0, 0.05) is 0 Å². The van der Waals surface area contributed by atoms with Gasteiger partial charge >= 0.3 is 0 Å². The predicted octanol–water partition coefficient (Wildman–Crippen LogP) is 4.57. The monoisotopic (exact) mass is 270 g/mol. The predicted molar refractivity (Wildman–Crippen MR) is 82.5 cm³/mol. The molecule has 0 saturated carbocycles. The second-order valence-electron chi connectivity index (χ2n) is 5.89. The molecule has 0 N–H and O–H groups in total. The Balaban J connectivity index is 2.21. The molecule has 0 aliphatic rings. The van der Waals surface area contributed by atoms with Gasteiger partial charge in [0.15, 0.2) is 11.5 Å². The molecule has 20 heavy (non-hydrogen) atoms. The van der Waals surface area contributed by atoms with Crippen molar-refractivity contribution in [2.75, 3.05) is 7.11 Å². The summed E-state index contributed by atoms with van der Waals surface area (Å²) < 4.78 is 11.3. The Hall–Kier alpha value is -1.96. The van der Waals surface area contributed by atoms with Crippen molar-refractivity contribution in [1.82, 2.24) is 0 Å². The molecule has 0 atom stereocenters. The molecule has 106 valence electrons. The van der Waals surface area contributed by atoms with Gasteiger partial charge in [0.05, 0.1) is 7.11 Å². The standard InChI is InChI=1S/C18H22O2/c1-18(2,3)15-10-11-16(19-4)17(12-15)20-13-14-8-6-5-7-9-14/h5-12H,13H2,1-4H3. The molecule has 0 saturated heterocycles. The quantitative estimate of drug-likeness (QED) is 0.810. The molecule has 0 fully saturated rings. The summed E-state index contributed by atoms with van der Waals surface area (Å²) in [6, 6.07) is 16.3. The van der Waals surface area contributed by atoms with Gasteiger partial charge in [0.2, 0.25) is 0 Å². The highest BCUT2D eigenvalue weighted by Crippen LogP contribution is 2.33. The van der Waals surface area contributed by atoms with Crippen LogP contribution in [0.4, 0.5) is 0 Å². The number of hydrogen-bond donors (Lipinski definition) is 0. The van der Waals surface area contributed by atoms with Gasteiger partial charge < -0.3 is 9.47 Å². The van der Waals surface area contributed by atoms with E-state index in [0.29, 0.717) is 6.61 Å². The third-order valence-corrected chi connectivity index (χ3v) is 3.27. The van der Waals surface area contributed by atoms with Gasteiger partial charge in [-0.1, -0.05) is 57.2 Å². The second-order valence-corrected chi connectivity index (χ2v) is 5.89. The minimum atomic E-state index is 0.0944. The van der Waals surface area contributed by atoms with Gasteiger partial charge in [-0.2, -0.15) is 0 Å². The lowest BCUT2D eigenvalue weighted by molar-refractivity contribution is 0.283. The van der Waals surface area contributed by atoms with Crippen LogP contribution in [0.2, 0.25) is 0 Å². The van der Waals surface area contributed by atoms with E-state index in [0.717, 1.165) is 17.1 Å². The molecule has 2 nitrogen and oxygen atoms in total. The van der Waals surface area contributed by atoms with E-state index in [9.17, 15) is 0 Å². The molecule has 0 spiro atoms. The van der Waals surface area contributed by atoms with Crippen LogP contribution in [-0.4, -0.2) is 7.11 Å². The molecule has 2 aromatic carbocycles. The molecular formula is C18H22O2. The van der Waals surface area contributed by atoms with Crippen LogP contribution in [0.15, 0.2) is 48.5 Å². The van der Waals surface area contributed by atoms with Crippen molar-refractivity contribution in [3.05, 3.63) is 59.7 Å². The van der Waals surface area contributed by atoms with Crippen LogP contribution < -0.4 is 9.47 Å². The fourth-order valence-corrected chi connectivity index (χ4v) is 1.99. The van der Waals surface area contributed by atoms with Crippen LogP contribution in [0.5, 0.6) is 11.5 Å². The number of ether oxygens (including phenoxy) is 2. The zero-order valence-electron chi connectivity index (χ0n) is 12.6. The lowest BCUT2D eigenvalue weighted by Crippen LogP contribution is -2.11. The molecule has 0 aromatic heterocycles. The Kier molecular flexibility index (Phi) is 4.33. The van der Waals surface area contributed by atoms with E-state index in [1.165, 1.54) is 5.56 Å². The maximum atomic E-state index is 5.92. The number of methoxy groups -OCH3 is 1. The molecule has 0 bridgehead atoms. The van der Waals surface area contributed by atoms with E-state index in [1.807, 2.05) is 24.3 Å². The van der Waals surface area contributed by atoms with E-state index < -0.39 is 0 Å². The first-order valence-electron chi connectivity index (χ1n) is 6.86. The maximum Gasteiger partial charge on any atom is 0.161 e. The summed E-state index contributed by atoms with van der Waals surface area (Å²) in [5.41, 5.74) is 2.48. The fourth-order valence-electron chi connectivity index (χ4n) is 1.99. The van der Waals surface area contributed by atoms with E-state index in [1.54, 1.807) is 7.11 Å². The van der Waals surface area contributed by atoms with Crippen LogP contribution in [0.3, 0.4) is 0 Å². The van der Waals surface area contributed by atoms with Crippen LogP contribution in [0, 0.1) is 0 Å². The number of hydrogen-bond acceptors (Lipinski definition) is 2. The first-order valence-corrected chi connectivity index (χ1v) is 6.86. The van der Waals surface area contributed by atoms with Crippen molar-refractivity contribution in [1.29, 1.82) is 0 Å². The molecule has 0 unspecified atom stereocenters. The summed E-state index contributed by atoms with van der Waals surface area (Å²) in [5, 5.41) is 0. The Labute approximate surface area is 121 Å². The third kappa shape index (κ3) is 3.53. The number of rotatable bonds is 4. The summed E-state index contributed by atoms with van der Waals surface area (Å²) in [7, 11) is 1.67. The zero-order valence-corrected chi connectivity index (χ0v) is 12.6. The van der Waals surface area contributed by atoms with Gasteiger partial charge in [-0.3, -0.25) is 0 Å². The van der Waals surface area contributed by atoms with Crippen LogP contribution in [-0.2, 0) is 12.0 Å². The largest absolute Gasteiger partial charge is 0.493 e. The summed E-state index contributed by atoms with van der Waals surface area (Å²) in [6.07, 6.45) is 0. The van der Waals surface area contributed by atoms with Crippen molar-refractivity contribution in [2.45, 2.75) is 32.8 Å². The lowest BCUT2D eigenvalue weighted by Gasteiger charge is -2.21. The summed E-state index contributed by atoms with van der Waals surface area (Å²) in [6.45, 7) is 7.12. The van der Waals surface area contributed by atoms with Gasteiger partial charge in [-0.25, -0.2) is 0 Å². The molecule has 2 rings (SSSR count). The van der Waals surface area contributed by atoms with Crippen molar-refractivity contribution >= 4 is 0 Å². The lowest BCUT2D eigenvalue weighted by atomic mass is 9.87. The molecular weight excluding hydrogens is 248 g/mol. The molecule has 0 radical (unpaired) electrons. The topological polar surface area (TPSA) is 18.5 Å². The van der Waals surface area contributed by atoms with Crippen LogP contribution in [0.1, 0.15) is 31.9 Å². The molecule has 2 aromatic rings. The first-order chi connectivity index (χ1) is 9.50. The van der Waals surface area contributed by atoms with Gasteiger partial charge in [-0.15, -0.1) is 0 Å². The van der Waals surface area contributed by atoms with E-state index in [4.69, 9.17) is 9.47 Å². The highest BCUT2D eigenvalue weighted by Gasteiger charge is 2.16. The zero-order chi connectivity index (χ0) is 14.6. The van der Waals surface area contributed by atoms with Crippen molar-refractivity contribution < 1.29 is 9.47 Å². The number of benzene rings is 2. The Morgan fingerprint density at radius 1 is 0.900 bits per heavy atom. The van der Waals surface area contributed by atoms with E-state index >= 15 is 0 Å². The van der Waals surface area contributed by atoms with Crippen molar-refractivity contribution in [2.24, 2.45) is 0 Å². The Morgan fingerprint density at radius 3 is 2.20 bits per heavy atom. The van der Waals surface area contributed by atoms with E-state index in [2.05, 4.69) is 45.0 Å². The minimum Gasteiger partial charge on any atom is -0.493 e. The van der Waals surface area contributed by atoms with Crippen LogP contribution in [0.25, 0.3) is 0 Å². The highest BCUT2D eigenvalue weighted by atomic mass is 16.5.